The molecule has 0 unspecified atom stereocenters. The summed E-state index contributed by atoms with van der Waals surface area (Å²) in [6.07, 6.45) is 10.7. The van der Waals surface area contributed by atoms with Gasteiger partial charge >= 0.3 is 0 Å². The number of hydrogen-bond donors (Lipinski definition) is 0. The maximum atomic E-state index is 13.0. The van der Waals surface area contributed by atoms with Gasteiger partial charge in [0.25, 0.3) is 0 Å². The van der Waals surface area contributed by atoms with Crippen LogP contribution in [0.25, 0.3) is 0 Å². The van der Waals surface area contributed by atoms with Crippen molar-refractivity contribution in [1.82, 2.24) is 9.80 Å². The minimum absolute atomic E-state index is 0.392. The fourth-order valence-corrected chi connectivity index (χ4v) is 4.87. The lowest BCUT2D eigenvalue weighted by atomic mass is 9.79. The van der Waals surface area contributed by atoms with E-state index in [2.05, 4.69) is 57.5 Å². The third-order valence-electron chi connectivity index (χ3n) is 6.26. The monoisotopic (exact) mass is 412 g/mol. The third kappa shape index (κ3) is 4.48. The van der Waals surface area contributed by atoms with E-state index in [-0.39, 0.29) is 0 Å². The average Bonchev–Trinajstić information content (AvgIpc) is 2.78. The van der Waals surface area contributed by atoms with E-state index in [4.69, 9.17) is 0 Å². The third-order valence-corrected chi connectivity index (χ3v) is 6.26. The lowest BCUT2D eigenvalue weighted by molar-refractivity contribution is -0.128. The van der Waals surface area contributed by atoms with Crippen molar-refractivity contribution in [3.63, 3.8) is 0 Å². The first kappa shape index (κ1) is 24.2. The van der Waals surface area contributed by atoms with Crippen molar-refractivity contribution >= 4 is 12.1 Å². The molecule has 0 saturated carbocycles. The average molecular weight is 413 g/mol. The summed E-state index contributed by atoms with van der Waals surface area (Å²) in [5.74, 6) is -0.392. The molecular weight excluding hydrogens is 372 g/mol. The molecule has 0 bridgehead atoms. The molecular formula is C26H40N2O2. The van der Waals surface area contributed by atoms with Crippen molar-refractivity contribution in [2.75, 3.05) is 13.1 Å². The molecule has 166 valence electrons. The zero-order chi connectivity index (χ0) is 22.3. The van der Waals surface area contributed by atoms with Gasteiger partial charge in [0.15, 0.2) is 6.29 Å². The number of fused-ring (bicyclic) bond motifs is 1. The molecule has 0 aliphatic carbocycles. The van der Waals surface area contributed by atoms with Crippen LogP contribution in [-0.2, 0) is 9.59 Å². The number of nitrogens with zero attached hydrogens (tertiary/aromatic N) is 2. The van der Waals surface area contributed by atoms with Gasteiger partial charge in [0.1, 0.15) is 5.70 Å². The van der Waals surface area contributed by atoms with E-state index < -0.39 is 5.78 Å². The Labute approximate surface area is 183 Å². The van der Waals surface area contributed by atoms with Gasteiger partial charge in [0, 0.05) is 41.8 Å². The van der Waals surface area contributed by atoms with E-state index >= 15 is 0 Å². The maximum absolute atomic E-state index is 13.0. The molecule has 0 atom stereocenters. The van der Waals surface area contributed by atoms with Crippen LogP contribution in [0.5, 0.6) is 0 Å². The Hall–Kier alpha value is -2.10. The summed E-state index contributed by atoms with van der Waals surface area (Å²) in [6.45, 7) is 14.9. The van der Waals surface area contributed by atoms with Crippen LogP contribution >= 0.6 is 0 Å². The molecule has 2 aliphatic rings. The molecule has 0 aromatic rings. The summed E-state index contributed by atoms with van der Waals surface area (Å²) in [4.78, 5) is 29.3. The molecule has 0 aromatic carbocycles. The summed E-state index contributed by atoms with van der Waals surface area (Å²) in [5, 5.41) is 0. The first-order valence-electron chi connectivity index (χ1n) is 12.0. The number of ketones is 1. The van der Waals surface area contributed by atoms with Gasteiger partial charge < -0.3 is 9.80 Å². The van der Waals surface area contributed by atoms with Crippen LogP contribution in [0.1, 0.15) is 92.9 Å². The standard InChI is InChI=1S/C26H40N2O2/c1-7-13-15-27-17-21-19(9-3)23(12-6)28(16-14-8-2)26(24(30)18-29)25(21)20(10-4)22(27)11-5/h17-18H,7-16H2,1-6H3. The Kier molecular flexibility index (Phi) is 9.13. The van der Waals surface area contributed by atoms with Gasteiger partial charge in [-0.15, -0.1) is 0 Å². The number of rotatable bonds is 12. The molecule has 4 nitrogen and oxygen atoms in total. The first-order chi connectivity index (χ1) is 14.5. The van der Waals surface area contributed by atoms with E-state index in [1.165, 1.54) is 22.5 Å². The van der Waals surface area contributed by atoms with E-state index in [1.54, 1.807) is 0 Å². The van der Waals surface area contributed by atoms with Crippen molar-refractivity contribution in [3.05, 3.63) is 45.6 Å². The highest BCUT2D eigenvalue weighted by Gasteiger charge is 2.37. The fourth-order valence-electron chi connectivity index (χ4n) is 4.87. The van der Waals surface area contributed by atoms with Gasteiger partial charge in [-0.05, 0) is 49.7 Å². The Balaban J connectivity index is 2.84. The predicted octanol–water partition coefficient (Wildman–Crippen LogP) is 6.27. The molecule has 0 aromatic heterocycles. The van der Waals surface area contributed by atoms with Gasteiger partial charge in [0.2, 0.25) is 5.78 Å². The van der Waals surface area contributed by atoms with Gasteiger partial charge in [-0.2, -0.15) is 0 Å². The van der Waals surface area contributed by atoms with Crippen molar-refractivity contribution in [3.8, 4) is 0 Å². The minimum atomic E-state index is -0.392. The molecule has 0 radical (unpaired) electrons. The number of hydrogen-bond acceptors (Lipinski definition) is 4. The number of unbranched alkanes of at least 4 members (excludes halogenated alkanes) is 2. The zero-order valence-electron chi connectivity index (χ0n) is 19.9. The van der Waals surface area contributed by atoms with Crippen LogP contribution in [-0.4, -0.2) is 35.0 Å². The van der Waals surface area contributed by atoms with Crippen molar-refractivity contribution in [2.24, 2.45) is 0 Å². The van der Waals surface area contributed by atoms with Gasteiger partial charge in [-0.25, -0.2) is 0 Å². The second kappa shape index (κ2) is 11.3. The van der Waals surface area contributed by atoms with E-state index in [9.17, 15) is 9.59 Å². The molecule has 0 N–H and O–H groups in total. The largest absolute Gasteiger partial charge is 0.351 e. The fraction of sp³-hybridized carbons (Fsp3) is 0.615. The Morgan fingerprint density at radius 2 is 1.43 bits per heavy atom. The summed E-state index contributed by atoms with van der Waals surface area (Å²) >= 11 is 0. The summed E-state index contributed by atoms with van der Waals surface area (Å²) in [6, 6.07) is 0. The SMILES string of the molecule is CCCCN1C=C2C(CC)=C(CC)N(CCCC)C(C(=O)C=O)=C2C(CC)=C1CC. The minimum Gasteiger partial charge on any atom is -0.351 e. The van der Waals surface area contributed by atoms with Gasteiger partial charge in [-0.3, -0.25) is 9.59 Å². The highest BCUT2D eigenvalue weighted by atomic mass is 16.2. The summed E-state index contributed by atoms with van der Waals surface area (Å²) < 4.78 is 0. The summed E-state index contributed by atoms with van der Waals surface area (Å²) in [7, 11) is 0. The molecule has 30 heavy (non-hydrogen) atoms. The number of aldehydes is 1. The zero-order valence-corrected chi connectivity index (χ0v) is 19.9. The number of carbonyl (C=O) groups excluding carboxylic acids is 2. The Morgan fingerprint density at radius 1 is 0.833 bits per heavy atom. The molecule has 2 aliphatic heterocycles. The van der Waals surface area contributed by atoms with Crippen LogP contribution in [0.3, 0.4) is 0 Å². The Bertz CT molecular complexity index is 781. The second-order valence-electron chi connectivity index (χ2n) is 8.07. The van der Waals surface area contributed by atoms with Crippen LogP contribution < -0.4 is 0 Å². The molecule has 0 amide bonds. The normalized spacial score (nSPS) is 16.9. The summed E-state index contributed by atoms with van der Waals surface area (Å²) in [5.41, 5.74) is 7.86. The van der Waals surface area contributed by atoms with Gasteiger partial charge in [-0.1, -0.05) is 54.4 Å². The lowest BCUT2D eigenvalue weighted by Crippen LogP contribution is -2.37. The topological polar surface area (TPSA) is 40.6 Å². The lowest BCUT2D eigenvalue weighted by Gasteiger charge is -2.42. The maximum Gasteiger partial charge on any atom is 0.242 e. The Morgan fingerprint density at radius 3 is 1.93 bits per heavy atom. The van der Waals surface area contributed by atoms with E-state index in [0.717, 1.165) is 75.6 Å². The molecule has 2 rings (SSSR count). The number of Topliss-reactive ketones (excluding diaryl/α,β-unsaturated/α-hetero) is 1. The smallest absolute Gasteiger partial charge is 0.242 e. The molecule has 2 heterocycles. The predicted molar refractivity (Wildman–Crippen MR) is 125 cm³/mol. The highest BCUT2D eigenvalue weighted by Crippen LogP contribution is 2.46. The van der Waals surface area contributed by atoms with E-state index in [1.807, 2.05) is 0 Å². The van der Waals surface area contributed by atoms with Gasteiger partial charge in [0.05, 0.1) is 0 Å². The number of allylic oxidation sites excluding steroid dienone is 7. The van der Waals surface area contributed by atoms with Crippen LogP contribution in [0.2, 0.25) is 0 Å². The van der Waals surface area contributed by atoms with E-state index in [0.29, 0.717) is 12.0 Å². The van der Waals surface area contributed by atoms with Crippen molar-refractivity contribution in [2.45, 2.75) is 92.9 Å². The second-order valence-corrected chi connectivity index (χ2v) is 8.07. The number of carbonyl (C=O) groups is 2. The van der Waals surface area contributed by atoms with Crippen LogP contribution in [0.15, 0.2) is 45.6 Å². The molecule has 0 spiro atoms. The molecule has 0 fully saturated rings. The first-order valence-corrected chi connectivity index (χ1v) is 12.0. The van der Waals surface area contributed by atoms with Crippen LogP contribution in [0.4, 0.5) is 0 Å². The molecule has 4 heteroatoms. The quantitative estimate of drug-likeness (QED) is 0.280. The highest BCUT2D eigenvalue weighted by molar-refractivity contribution is 6.33. The van der Waals surface area contributed by atoms with Crippen molar-refractivity contribution in [1.29, 1.82) is 0 Å². The molecule has 0 saturated heterocycles. The van der Waals surface area contributed by atoms with Crippen molar-refractivity contribution < 1.29 is 9.59 Å². The van der Waals surface area contributed by atoms with Crippen LogP contribution in [0, 0.1) is 0 Å².